The molecule has 0 aliphatic heterocycles. The minimum Gasteiger partial charge on any atom is -0.406 e. The van der Waals surface area contributed by atoms with E-state index in [2.05, 4.69) is 10.1 Å². The molecule has 3 rings (SSSR count). The summed E-state index contributed by atoms with van der Waals surface area (Å²) >= 11 is 0. The van der Waals surface area contributed by atoms with Gasteiger partial charge in [-0.1, -0.05) is 18.2 Å². The fourth-order valence-electron chi connectivity index (χ4n) is 2.37. The molecule has 3 aromatic rings. The number of hydrogen-bond donors (Lipinski definition) is 1. The average Bonchev–Trinajstić information content (AvgIpc) is 2.69. The van der Waals surface area contributed by atoms with Gasteiger partial charge in [-0.05, 0) is 60.7 Å². The van der Waals surface area contributed by atoms with Crippen molar-refractivity contribution in [3.8, 4) is 11.5 Å². The minimum atomic E-state index is -4.88. The molecule has 156 valence electrons. The van der Waals surface area contributed by atoms with Gasteiger partial charge in [0.05, 0.1) is 0 Å². The Hall–Kier alpha value is -3.53. The summed E-state index contributed by atoms with van der Waals surface area (Å²) in [6.45, 7) is 0. The molecule has 0 aliphatic rings. The summed E-state index contributed by atoms with van der Waals surface area (Å²) in [5.41, 5.74) is 0.876. The van der Waals surface area contributed by atoms with E-state index >= 15 is 0 Å². The van der Waals surface area contributed by atoms with E-state index in [0.717, 1.165) is 24.3 Å². The first-order valence-corrected chi connectivity index (χ1v) is 9.80. The van der Waals surface area contributed by atoms with Crippen molar-refractivity contribution in [2.45, 2.75) is 11.3 Å². The van der Waals surface area contributed by atoms with E-state index in [1.54, 1.807) is 30.3 Å². The number of halogens is 3. The maximum Gasteiger partial charge on any atom is 0.573 e. The zero-order valence-corrected chi connectivity index (χ0v) is 15.9. The summed E-state index contributed by atoms with van der Waals surface area (Å²) in [5.74, 6) is -0.929. The Morgan fingerprint density at radius 1 is 0.800 bits per heavy atom. The SMILES string of the molecule is O=C(Nc1ccc(OS(=O)(=O)c2ccc(OC(F)(F)F)cc2)cc1)c1ccccc1. The highest BCUT2D eigenvalue weighted by Crippen LogP contribution is 2.26. The Balaban J connectivity index is 1.66. The first-order valence-electron chi connectivity index (χ1n) is 8.39. The van der Waals surface area contributed by atoms with Gasteiger partial charge in [-0.25, -0.2) is 0 Å². The maximum absolute atomic E-state index is 12.3. The van der Waals surface area contributed by atoms with Crippen LogP contribution in [0.2, 0.25) is 0 Å². The molecular weight excluding hydrogens is 423 g/mol. The Kier molecular flexibility index (Phi) is 5.97. The van der Waals surface area contributed by atoms with E-state index in [0.29, 0.717) is 11.3 Å². The Labute approximate surface area is 170 Å². The highest BCUT2D eigenvalue weighted by molar-refractivity contribution is 7.87. The van der Waals surface area contributed by atoms with Crippen LogP contribution in [0.5, 0.6) is 11.5 Å². The monoisotopic (exact) mass is 437 g/mol. The number of nitrogens with one attached hydrogen (secondary N) is 1. The van der Waals surface area contributed by atoms with Crippen molar-refractivity contribution in [2.24, 2.45) is 0 Å². The van der Waals surface area contributed by atoms with Gasteiger partial charge < -0.3 is 14.2 Å². The second kappa shape index (κ2) is 8.46. The fraction of sp³-hybridized carbons (Fsp3) is 0.0500. The standard InChI is InChI=1S/C20H14F3NO5S/c21-20(22,23)28-16-10-12-18(13-11-16)30(26,27)29-17-8-6-15(7-9-17)24-19(25)14-4-2-1-3-5-14/h1-13H,(H,24,25). The van der Waals surface area contributed by atoms with Gasteiger partial charge in [0.15, 0.2) is 0 Å². The van der Waals surface area contributed by atoms with Gasteiger partial charge in [0.2, 0.25) is 0 Å². The number of hydrogen-bond acceptors (Lipinski definition) is 5. The fourth-order valence-corrected chi connectivity index (χ4v) is 3.30. The molecule has 10 heteroatoms. The lowest BCUT2D eigenvalue weighted by Gasteiger charge is -2.11. The molecule has 0 heterocycles. The molecule has 3 aromatic carbocycles. The molecule has 0 atom stereocenters. The predicted octanol–water partition coefficient (Wildman–Crippen LogP) is 4.61. The van der Waals surface area contributed by atoms with Gasteiger partial charge in [-0.15, -0.1) is 13.2 Å². The third-order valence-corrected chi connectivity index (χ3v) is 4.96. The van der Waals surface area contributed by atoms with Crippen LogP contribution in [0.1, 0.15) is 10.4 Å². The number of anilines is 1. The van der Waals surface area contributed by atoms with Gasteiger partial charge >= 0.3 is 16.5 Å². The average molecular weight is 437 g/mol. The van der Waals surface area contributed by atoms with Gasteiger partial charge in [0, 0.05) is 11.3 Å². The molecule has 0 aromatic heterocycles. The van der Waals surface area contributed by atoms with Crippen LogP contribution in [0.4, 0.5) is 18.9 Å². The minimum absolute atomic E-state index is 0.0386. The first-order chi connectivity index (χ1) is 14.1. The number of carbonyl (C=O) groups excluding carboxylic acids is 1. The van der Waals surface area contributed by atoms with Crippen LogP contribution in [-0.4, -0.2) is 20.7 Å². The van der Waals surface area contributed by atoms with Gasteiger partial charge in [0.25, 0.3) is 5.91 Å². The number of ether oxygens (including phenoxy) is 1. The lowest BCUT2D eigenvalue weighted by molar-refractivity contribution is -0.274. The largest absolute Gasteiger partial charge is 0.573 e. The highest BCUT2D eigenvalue weighted by Gasteiger charge is 2.31. The quantitative estimate of drug-likeness (QED) is 0.570. The van der Waals surface area contributed by atoms with Gasteiger partial charge in [-0.3, -0.25) is 4.79 Å². The predicted molar refractivity (Wildman–Crippen MR) is 102 cm³/mol. The second-order valence-corrected chi connectivity index (χ2v) is 7.45. The summed E-state index contributed by atoms with van der Waals surface area (Å²) in [6.07, 6.45) is -4.88. The summed E-state index contributed by atoms with van der Waals surface area (Å²) < 4.78 is 69.8. The number of carbonyl (C=O) groups is 1. The smallest absolute Gasteiger partial charge is 0.406 e. The zero-order chi connectivity index (χ0) is 21.8. The Bertz CT molecular complexity index is 1110. The van der Waals surface area contributed by atoms with Gasteiger partial charge in [0.1, 0.15) is 16.4 Å². The second-order valence-electron chi connectivity index (χ2n) is 5.90. The molecule has 0 saturated carbocycles. The van der Waals surface area contributed by atoms with Crippen LogP contribution in [-0.2, 0) is 10.1 Å². The molecule has 6 nitrogen and oxygen atoms in total. The molecule has 0 bridgehead atoms. The third kappa shape index (κ3) is 5.74. The molecule has 1 N–H and O–H groups in total. The van der Waals surface area contributed by atoms with E-state index in [1.165, 1.54) is 24.3 Å². The van der Waals surface area contributed by atoms with Crippen LogP contribution in [0.3, 0.4) is 0 Å². The van der Waals surface area contributed by atoms with E-state index < -0.39 is 22.2 Å². The van der Waals surface area contributed by atoms with E-state index in [-0.39, 0.29) is 16.6 Å². The molecule has 1 amide bonds. The van der Waals surface area contributed by atoms with Crippen LogP contribution < -0.4 is 14.2 Å². The summed E-state index contributed by atoms with van der Waals surface area (Å²) in [7, 11) is -4.28. The first kappa shape index (κ1) is 21.2. The van der Waals surface area contributed by atoms with E-state index in [4.69, 9.17) is 4.18 Å². The van der Waals surface area contributed by atoms with Crippen LogP contribution >= 0.6 is 0 Å². The Morgan fingerprint density at radius 3 is 1.93 bits per heavy atom. The number of amides is 1. The van der Waals surface area contributed by atoms with Gasteiger partial charge in [-0.2, -0.15) is 8.42 Å². The third-order valence-electron chi connectivity index (χ3n) is 3.70. The molecule has 0 fully saturated rings. The maximum atomic E-state index is 12.3. The van der Waals surface area contributed by atoms with Crippen molar-refractivity contribution in [1.29, 1.82) is 0 Å². The molecular formula is C20H14F3NO5S. The normalized spacial score (nSPS) is 11.6. The lowest BCUT2D eigenvalue weighted by atomic mass is 10.2. The zero-order valence-electron chi connectivity index (χ0n) is 15.1. The van der Waals surface area contributed by atoms with Crippen LogP contribution in [0, 0.1) is 0 Å². The summed E-state index contributed by atoms with van der Waals surface area (Å²) in [6, 6.07) is 17.7. The molecule has 0 unspecified atom stereocenters. The van der Waals surface area contributed by atoms with Crippen LogP contribution in [0.25, 0.3) is 0 Å². The van der Waals surface area contributed by atoms with E-state index in [1.807, 2.05) is 0 Å². The van der Waals surface area contributed by atoms with E-state index in [9.17, 15) is 26.4 Å². The number of alkyl halides is 3. The molecule has 0 spiro atoms. The van der Waals surface area contributed by atoms with Crippen molar-refractivity contribution in [2.75, 3.05) is 5.32 Å². The molecule has 0 saturated heterocycles. The summed E-state index contributed by atoms with van der Waals surface area (Å²) in [5, 5.41) is 2.66. The van der Waals surface area contributed by atoms with Crippen molar-refractivity contribution in [3.63, 3.8) is 0 Å². The van der Waals surface area contributed by atoms with Crippen molar-refractivity contribution in [3.05, 3.63) is 84.4 Å². The Morgan fingerprint density at radius 2 is 1.37 bits per heavy atom. The topological polar surface area (TPSA) is 81.7 Å². The van der Waals surface area contributed by atoms with Crippen molar-refractivity contribution in [1.82, 2.24) is 0 Å². The van der Waals surface area contributed by atoms with Crippen molar-refractivity contribution < 1.29 is 35.3 Å². The highest BCUT2D eigenvalue weighted by atomic mass is 32.2. The van der Waals surface area contributed by atoms with Crippen LogP contribution in [0.15, 0.2) is 83.8 Å². The van der Waals surface area contributed by atoms with Crippen molar-refractivity contribution >= 4 is 21.7 Å². The lowest BCUT2D eigenvalue weighted by Crippen LogP contribution is -2.17. The molecule has 30 heavy (non-hydrogen) atoms. The number of benzene rings is 3. The molecule has 0 aliphatic carbocycles. The number of rotatable bonds is 6. The summed E-state index contributed by atoms with van der Waals surface area (Å²) in [4.78, 5) is 11.8. The molecule has 0 radical (unpaired) electrons.